The number of nitrogens with zero attached hydrogens (tertiary/aromatic N) is 1. The third kappa shape index (κ3) is 3.39. The van der Waals surface area contributed by atoms with Crippen LogP contribution >= 0.6 is 0 Å². The number of ketones is 1. The standard InChI is InChI=1S/C23H22FNO4/c1-28-16-10-11-21(29-2)17(12-16)18-13-22(27)25(15-8-6-14(24)7-9-15)19-4-3-5-20(26)23(18)19/h6-12,18H,3-5,13H2,1-2H3/t18-/m1/s1. The van der Waals surface area contributed by atoms with Crippen LogP contribution in [0.5, 0.6) is 11.5 Å². The van der Waals surface area contributed by atoms with Crippen molar-refractivity contribution in [2.24, 2.45) is 0 Å². The van der Waals surface area contributed by atoms with E-state index in [1.807, 2.05) is 6.07 Å². The first-order valence-corrected chi connectivity index (χ1v) is 9.60. The molecule has 1 atom stereocenters. The van der Waals surface area contributed by atoms with Crippen molar-refractivity contribution in [2.45, 2.75) is 31.6 Å². The maximum Gasteiger partial charge on any atom is 0.232 e. The van der Waals surface area contributed by atoms with Crippen LogP contribution in [0.1, 0.15) is 37.2 Å². The smallest absolute Gasteiger partial charge is 0.232 e. The number of carbonyl (C=O) groups excluding carboxylic acids is 2. The van der Waals surface area contributed by atoms with Gasteiger partial charge in [0.1, 0.15) is 17.3 Å². The van der Waals surface area contributed by atoms with Gasteiger partial charge in [-0.1, -0.05) is 0 Å². The van der Waals surface area contributed by atoms with E-state index in [-0.39, 0.29) is 23.9 Å². The molecule has 2 aliphatic rings. The lowest BCUT2D eigenvalue weighted by Gasteiger charge is -2.38. The van der Waals surface area contributed by atoms with Gasteiger partial charge in [-0.05, 0) is 55.3 Å². The van der Waals surface area contributed by atoms with Crippen molar-refractivity contribution in [3.05, 3.63) is 65.1 Å². The summed E-state index contributed by atoms with van der Waals surface area (Å²) in [6.45, 7) is 0. The van der Waals surface area contributed by atoms with Crippen LogP contribution in [0.3, 0.4) is 0 Å². The zero-order chi connectivity index (χ0) is 20.5. The Kier molecular flexibility index (Phi) is 5.09. The highest BCUT2D eigenvalue weighted by Gasteiger charge is 2.40. The number of anilines is 1. The summed E-state index contributed by atoms with van der Waals surface area (Å²) in [6.07, 6.45) is 1.89. The summed E-state index contributed by atoms with van der Waals surface area (Å²) in [5.74, 6) is 0.405. The normalized spacial score (nSPS) is 19.3. The topological polar surface area (TPSA) is 55.8 Å². The van der Waals surface area contributed by atoms with Gasteiger partial charge >= 0.3 is 0 Å². The molecule has 29 heavy (non-hydrogen) atoms. The lowest BCUT2D eigenvalue weighted by atomic mass is 9.76. The number of ether oxygens (including phenoxy) is 2. The Labute approximate surface area is 168 Å². The van der Waals surface area contributed by atoms with Crippen LogP contribution < -0.4 is 14.4 Å². The molecule has 0 radical (unpaired) electrons. The molecule has 150 valence electrons. The summed E-state index contributed by atoms with van der Waals surface area (Å²) in [4.78, 5) is 27.7. The number of carbonyl (C=O) groups is 2. The second kappa shape index (κ2) is 7.70. The van der Waals surface area contributed by atoms with E-state index >= 15 is 0 Å². The van der Waals surface area contributed by atoms with Gasteiger partial charge in [0, 0.05) is 41.3 Å². The first-order chi connectivity index (χ1) is 14.0. The Balaban J connectivity index is 1.88. The van der Waals surface area contributed by atoms with Crippen molar-refractivity contribution in [1.29, 1.82) is 0 Å². The molecule has 0 spiro atoms. The minimum Gasteiger partial charge on any atom is -0.497 e. The predicted octanol–water partition coefficient (Wildman–Crippen LogP) is 4.37. The number of hydrogen-bond acceptors (Lipinski definition) is 4. The Morgan fingerprint density at radius 3 is 2.45 bits per heavy atom. The molecule has 1 aliphatic heterocycles. The highest BCUT2D eigenvalue weighted by Crippen LogP contribution is 2.46. The SMILES string of the molecule is COc1ccc(OC)c([C@H]2CC(=O)N(c3ccc(F)cc3)C3=C2C(=O)CCC3)c1. The Morgan fingerprint density at radius 2 is 1.76 bits per heavy atom. The van der Waals surface area contributed by atoms with Crippen LogP contribution in [-0.2, 0) is 9.59 Å². The fraction of sp³-hybridized carbons (Fsp3) is 0.304. The second-order valence-corrected chi connectivity index (χ2v) is 7.21. The van der Waals surface area contributed by atoms with E-state index in [0.29, 0.717) is 47.7 Å². The number of amides is 1. The molecule has 2 aromatic carbocycles. The fourth-order valence-electron chi connectivity index (χ4n) is 4.26. The lowest BCUT2D eigenvalue weighted by molar-refractivity contribution is -0.119. The van der Waals surface area contributed by atoms with E-state index in [0.717, 1.165) is 5.56 Å². The molecule has 0 fully saturated rings. The van der Waals surface area contributed by atoms with Crippen molar-refractivity contribution in [1.82, 2.24) is 0 Å². The molecule has 0 bridgehead atoms. The summed E-state index contributed by atoms with van der Waals surface area (Å²) >= 11 is 0. The molecular weight excluding hydrogens is 373 g/mol. The fourth-order valence-corrected chi connectivity index (χ4v) is 4.26. The van der Waals surface area contributed by atoms with Crippen LogP contribution in [-0.4, -0.2) is 25.9 Å². The average molecular weight is 395 g/mol. The van der Waals surface area contributed by atoms with Crippen LogP contribution in [0.4, 0.5) is 10.1 Å². The number of benzene rings is 2. The van der Waals surface area contributed by atoms with Crippen LogP contribution in [0.2, 0.25) is 0 Å². The van der Waals surface area contributed by atoms with Crippen LogP contribution in [0.15, 0.2) is 53.7 Å². The molecule has 0 saturated carbocycles. The monoisotopic (exact) mass is 395 g/mol. The maximum absolute atomic E-state index is 13.4. The summed E-state index contributed by atoms with van der Waals surface area (Å²) in [5, 5.41) is 0. The van der Waals surface area contributed by atoms with Gasteiger partial charge in [-0.25, -0.2) is 4.39 Å². The van der Waals surface area contributed by atoms with Gasteiger partial charge in [-0.3, -0.25) is 14.5 Å². The first-order valence-electron chi connectivity index (χ1n) is 9.60. The van der Waals surface area contributed by atoms with Gasteiger partial charge in [0.25, 0.3) is 0 Å². The molecule has 4 rings (SSSR count). The lowest BCUT2D eigenvalue weighted by Crippen LogP contribution is -2.40. The predicted molar refractivity (Wildman–Crippen MR) is 107 cm³/mol. The number of Topliss-reactive ketones (excluding diaryl/α,β-unsaturated/α-hetero) is 1. The van der Waals surface area contributed by atoms with Crippen molar-refractivity contribution >= 4 is 17.4 Å². The van der Waals surface area contributed by atoms with Gasteiger partial charge < -0.3 is 9.47 Å². The molecule has 5 nitrogen and oxygen atoms in total. The minimum atomic E-state index is -0.396. The summed E-state index contributed by atoms with van der Waals surface area (Å²) in [5.41, 5.74) is 2.70. The van der Waals surface area contributed by atoms with Crippen molar-refractivity contribution in [2.75, 3.05) is 19.1 Å². The van der Waals surface area contributed by atoms with E-state index in [4.69, 9.17) is 9.47 Å². The van der Waals surface area contributed by atoms with Crippen LogP contribution in [0.25, 0.3) is 0 Å². The minimum absolute atomic E-state index is 0.0423. The van der Waals surface area contributed by atoms with Crippen LogP contribution in [0, 0.1) is 5.82 Å². The van der Waals surface area contributed by atoms with Crippen molar-refractivity contribution in [3.63, 3.8) is 0 Å². The summed E-state index contributed by atoms with van der Waals surface area (Å²) in [6, 6.07) is 11.2. The molecule has 0 saturated heterocycles. The Morgan fingerprint density at radius 1 is 1.00 bits per heavy atom. The quantitative estimate of drug-likeness (QED) is 0.771. The first kappa shape index (κ1) is 19.2. The number of allylic oxidation sites excluding steroid dienone is 2. The Hall–Kier alpha value is -3.15. The van der Waals surface area contributed by atoms with E-state index in [1.165, 1.54) is 12.1 Å². The molecule has 0 aromatic heterocycles. The summed E-state index contributed by atoms with van der Waals surface area (Å²) < 4.78 is 24.3. The number of hydrogen-bond donors (Lipinski definition) is 0. The van der Waals surface area contributed by atoms with Crippen molar-refractivity contribution in [3.8, 4) is 11.5 Å². The number of halogens is 1. The second-order valence-electron chi connectivity index (χ2n) is 7.21. The van der Waals surface area contributed by atoms with Gasteiger partial charge in [0.05, 0.1) is 14.2 Å². The van der Waals surface area contributed by atoms with E-state index in [9.17, 15) is 14.0 Å². The molecule has 1 heterocycles. The Bertz CT molecular complexity index is 996. The molecule has 1 amide bonds. The largest absolute Gasteiger partial charge is 0.497 e. The van der Waals surface area contributed by atoms with Gasteiger partial charge in [-0.2, -0.15) is 0 Å². The van der Waals surface area contributed by atoms with Gasteiger partial charge in [0.15, 0.2) is 5.78 Å². The molecule has 2 aromatic rings. The van der Waals surface area contributed by atoms with Gasteiger partial charge in [-0.15, -0.1) is 0 Å². The van der Waals surface area contributed by atoms with E-state index < -0.39 is 5.92 Å². The highest BCUT2D eigenvalue weighted by atomic mass is 19.1. The molecular formula is C23H22FNO4. The number of methoxy groups -OCH3 is 2. The number of rotatable bonds is 4. The van der Waals surface area contributed by atoms with Crippen molar-refractivity contribution < 1.29 is 23.5 Å². The maximum atomic E-state index is 13.4. The zero-order valence-electron chi connectivity index (χ0n) is 16.4. The average Bonchev–Trinajstić information content (AvgIpc) is 2.73. The third-order valence-corrected chi connectivity index (χ3v) is 5.57. The van der Waals surface area contributed by atoms with E-state index in [2.05, 4.69) is 0 Å². The molecule has 0 N–H and O–H groups in total. The third-order valence-electron chi connectivity index (χ3n) is 5.57. The molecule has 0 unspecified atom stereocenters. The molecule has 1 aliphatic carbocycles. The summed E-state index contributed by atoms with van der Waals surface area (Å²) in [7, 11) is 3.14. The molecule has 6 heteroatoms. The highest BCUT2D eigenvalue weighted by molar-refractivity contribution is 6.07. The van der Waals surface area contributed by atoms with E-state index in [1.54, 1.807) is 43.4 Å². The van der Waals surface area contributed by atoms with Gasteiger partial charge in [0.2, 0.25) is 5.91 Å². The zero-order valence-corrected chi connectivity index (χ0v) is 16.4.